The van der Waals surface area contributed by atoms with Crippen molar-refractivity contribution < 1.29 is 9.18 Å². The van der Waals surface area contributed by atoms with Crippen LogP contribution in [0.3, 0.4) is 0 Å². The summed E-state index contributed by atoms with van der Waals surface area (Å²) < 4.78 is 14.8. The molecule has 1 aromatic carbocycles. The van der Waals surface area contributed by atoms with Crippen molar-refractivity contribution in [3.63, 3.8) is 0 Å². The molecule has 1 heterocycles. The number of carbonyl (C=O) groups excluding carboxylic acids is 1. The summed E-state index contributed by atoms with van der Waals surface area (Å²) in [5, 5.41) is 5.52. The third-order valence-electron chi connectivity index (χ3n) is 3.15. The van der Waals surface area contributed by atoms with Gasteiger partial charge in [0.1, 0.15) is 11.6 Å². The fraction of sp³-hybridized carbons (Fsp3) is 0.333. The minimum absolute atomic E-state index is 0.221. The van der Waals surface area contributed by atoms with E-state index in [-0.39, 0.29) is 11.8 Å². The lowest BCUT2D eigenvalue weighted by molar-refractivity contribution is 0.240. The van der Waals surface area contributed by atoms with E-state index in [1.165, 1.54) is 12.1 Å². The van der Waals surface area contributed by atoms with Crippen LogP contribution in [0.5, 0.6) is 0 Å². The van der Waals surface area contributed by atoms with Crippen LogP contribution in [0.25, 0.3) is 0 Å². The SMILES string of the molecule is Cc1nccn1CCCNC(=O)NCc1ccc(F)cc1. The number of carbonyl (C=O) groups is 1. The van der Waals surface area contributed by atoms with Crippen molar-refractivity contribution in [1.29, 1.82) is 0 Å². The van der Waals surface area contributed by atoms with Crippen LogP contribution < -0.4 is 10.6 Å². The maximum absolute atomic E-state index is 12.7. The number of halogens is 1. The number of rotatable bonds is 6. The Hall–Kier alpha value is -2.37. The summed E-state index contributed by atoms with van der Waals surface area (Å²) in [6, 6.07) is 5.83. The molecule has 2 aromatic rings. The summed E-state index contributed by atoms with van der Waals surface area (Å²) in [6.07, 6.45) is 4.52. The van der Waals surface area contributed by atoms with Gasteiger partial charge in [-0.1, -0.05) is 12.1 Å². The van der Waals surface area contributed by atoms with Gasteiger partial charge in [0.25, 0.3) is 0 Å². The Bertz CT molecular complexity index is 580. The lowest BCUT2D eigenvalue weighted by Crippen LogP contribution is -2.35. The number of amides is 2. The molecule has 0 aliphatic rings. The Labute approximate surface area is 123 Å². The van der Waals surface area contributed by atoms with Gasteiger partial charge in [-0.3, -0.25) is 0 Å². The molecule has 0 atom stereocenters. The largest absolute Gasteiger partial charge is 0.338 e. The van der Waals surface area contributed by atoms with Gasteiger partial charge in [0, 0.05) is 32.0 Å². The quantitative estimate of drug-likeness (QED) is 0.801. The van der Waals surface area contributed by atoms with Crippen LogP contribution in [0.15, 0.2) is 36.7 Å². The van der Waals surface area contributed by atoms with Gasteiger partial charge in [0.2, 0.25) is 0 Å². The molecule has 6 heteroatoms. The van der Waals surface area contributed by atoms with E-state index in [1.807, 2.05) is 17.7 Å². The van der Waals surface area contributed by atoms with E-state index in [2.05, 4.69) is 15.6 Å². The van der Waals surface area contributed by atoms with Crippen molar-refractivity contribution in [3.8, 4) is 0 Å². The number of urea groups is 1. The Balaban J connectivity index is 1.61. The number of aromatic nitrogens is 2. The molecule has 0 saturated carbocycles. The fourth-order valence-corrected chi connectivity index (χ4v) is 1.94. The zero-order valence-electron chi connectivity index (χ0n) is 12.0. The monoisotopic (exact) mass is 290 g/mol. The van der Waals surface area contributed by atoms with Crippen molar-refractivity contribution >= 4 is 6.03 Å². The number of aryl methyl sites for hydroxylation is 2. The molecule has 0 spiro atoms. The fourth-order valence-electron chi connectivity index (χ4n) is 1.94. The predicted molar refractivity (Wildman–Crippen MR) is 78.2 cm³/mol. The van der Waals surface area contributed by atoms with Crippen LogP contribution in [0, 0.1) is 12.7 Å². The third kappa shape index (κ3) is 4.91. The highest BCUT2D eigenvalue weighted by Crippen LogP contribution is 2.01. The second kappa shape index (κ2) is 7.42. The maximum atomic E-state index is 12.7. The van der Waals surface area contributed by atoms with E-state index in [4.69, 9.17) is 0 Å². The van der Waals surface area contributed by atoms with Gasteiger partial charge < -0.3 is 15.2 Å². The summed E-state index contributed by atoms with van der Waals surface area (Å²) in [5.74, 6) is 0.689. The molecule has 0 aliphatic carbocycles. The first-order valence-corrected chi connectivity index (χ1v) is 6.89. The zero-order valence-corrected chi connectivity index (χ0v) is 12.0. The van der Waals surface area contributed by atoms with Gasteiger partial charge in [-0.25, -0.2) is 14.2 Å². The number of imidazole rings is 1. The molecule has 0 saturated heterocycles. The van der Waals surface area contributed by atoms with Gasteiger partial charge in [0.05, 0.1) is 0 Å². The van der Waals surface area contributed by atoms with Crippen molar-refractivity contribution in [1.82, 2.24) is 20.2 Å². The smallest absolute Gasteiger partial charge is 0.315 e. The topological polar surface area (TPSA) is 59.0 Å². The molecule has 0 bridgehead atoms. The Morgan fingerprint density at radius 3 is 2.71 bits per heavy atom. The molecule has 21 heavy (non-hydrogen) atoms. The zero-order chi connectivity index (χ0) is 15.1. The van der Waals surface area contributed by atoms with Gasteiger partial charge >= 0.3 is 6.03 Å². The van der Waals surface area contributed by atoms with Crippen LogP contribution in [0.1, 0.15) is 17.8 Å². The predicted octanol–water partition coefficient (Wildman–Crippen LogP) is 2.22. The highest BCUT2D eigenvalue weighted by atomic mass is 19.1. The standard InChI is InChI=1S/C15H19FN4O/c1-12-17-8-10-20(12)9-2-7-18-15(21)19-11-13-3-5-14(16)6-4-13/h3-6,8,10H,2,7,9,11H2,1H3,(H2,18,19,21). The van der Waals surface area contributed by atoms with E-state index in [0.29, 0.717) is 13.1 Å². The first-order valence-electron chi connectivity index (χ1n) is 6.89. The average molecular weight is 290 g/mol. The summed E-state index contributed by atoms with van der Waals surface area (Å²) in [4.78, 5) is 15.7. The van der Waals surface area contributed by atoms with Gasteiger partial charge in [-0.2, -0.15) is 0 Å². The summed E-state index contributed by atoms with van der Waals surface area (Å²) >= 11 is 0. The molecular formula is C15H19FN4O. The van der Waals surface area contributed by atoms with Crippen molar-refractivity contribution in [2.24, 2.45) is 0 Å². The molecule has 5 nitrogen and oxygen atoms in total. The maximum Gasteiger partial charge on any atom is 0.315 e. The van der Waals surface area contributed by atoms with E-state index < -0.39 is 0 Å². The lowest BCUT2D eigenvalue weighted by atomic mass is 10.2. The van der Waals surface area contributed by atoms with Crippen LogP contribution in [0.2, 0.25) is 0 Å². The highest BCUT2D eigenvalue weighted by molar-refractivity contribution is 5.73. The molecular weight excluding hydrogens is 271 g/mol. The molecule has 0 aliphatic heterocycles. The van der Waals surface area contributed by atoms with Crippen LogP contribution >= 0.6 is 0 Å². The molecule has 0 unspecified atom stereocenters. The minimum Gasteiger partial charge on any atom is -0.338 e. The van der Waals surface area contributed by atoms with Gasteiger partial charge in [0.15, 0.2) is 0 Å². The van der Waals surface area contributed by atoms with E-state index in [9.17, 15) is 9.18 Å². The Morgan fingerprint density at radius 1 is 1.29 bits per heavy atom. The molecule has 2 amide bonds. The van der Waals surface area contributed by atoms with Crippen molar-refractivity contribution in [2.75, 3.05) is 6.54 Å². The third-order valence-corrected chi connectivity index (χ3v) is 3.15. The van der Waals surface area contributed by atoms with Crippen molar-refractivity contribution in [3.05, 3.63) is 53.9 Å². The first-order chi connectivity index (χ1) is 10.1. The van der Waals surface area contributed by atoms with Crippen LogP contribution in [0.4, 0.5) is 9.18 Å². The highest BCUT2D eigenvalue weighted by Gasteiger charge is 2.01. The molecule has 0 fully saturated rings. The normalized spacial score (nSPS) is 10.4. The van der Waals surface area contributed by atoms with Gasteiger partial charge in [-0.15, -0.1) is 0 Å². The van der Waals surface area contributed by atoms with Crippen LogP contribution in [-0.2, 0) is 13.1 Å². The lowest BCUT2D eigenvalue weighted by Gasteiger charge is -2.08. The second-order valence-corrected chi connectivity index (χ2v) is 4.76. The van der Waals surface area contributed by atoms with Gasteiger partial charge in [-0.05, 0) is 31.0 Å². The molecule has 0 radical (unpaired) electrons. The number of hydrogen-bond donors (Lipinski definition) is 2. The molecule has 112 valence electrons. The summed E-state index contributed by atoms with van der Waals surface area (Å²) in [5.41, 5.74) is 0.862. The molecule has 1 aromatic heterocycles. The van der Waals surface area contributed by atoms with Crippen LogP contribution in [-0.4, -0.2) is 22.1 Å². The number of benzene rings is 1. The number of nitrogens with one attached hydrogen (secondary N) is 2. The second-order valence-electron chi connectivity index (χ2n) is 4.76. The minimum atomic E-state index is -0.280. The summed E-state index contributed by atoms with van der Waals surface area (Å²) in [6.45, 7) is 3.74. The van der Waals surface area contributed by atoms with Crippen molar-refractivity contribution in [2.45, 2.75) is 26.4 Å². The first kappa shape index (κ1) is 15.0. The number of nitrogens with zero attached hydrogens (tertiary/aromatic N) is 2. The average Bonchev–Trinajstić information content (AvgIpc) is 2.88. The van der Waals surface area contributed by atoms with E-state index in [0.717, 1.165) is 24.4 Å². The number of hydrogen-bond acceptors (Lipinski definition) is 2. The molecule has 2 rings (SSSR count). The van der Waals surface area contributed by atoms with E-state index in [1.54, 1.807) is 18.3 Å². The van der Waals surface area contributed by atoms with E-state index >= 15 is 0 Å². The Kier molecular flexibility index (Phi) is 5.31. The Morgan fingerprint density at radius 2 is 2.05 bits per heavy atom. The summed E-state index contributed by atoms with van der Waals surface area (Å²) in [7, 11) is 0. The molecule has 2 N–H and O–H groups in total.